The Balaban J connectivity index is 1.31. The fourth-order valence-corrected chi connectivity index (χ4v) is 9.01. The number of aromatic amines is 1. The summed E-state index contributed by atoms with van der Waals surface area (Å²) in [5.41, 5.74) is 4.87. The van der Waals surface area contributed by atoms with E-state index >= 15 is 0 Å². The molecule has 4 bridgehead atoms. The van der Waals surface area contributed by atoms with Gasteiger partial charge in [0.15, 0.2) is 0 Å². The lowest BCUT2D eigenvalue weighted by atomic mass is 9.53. The summed E-state index contributed by atoms with van der Waals surface area (Å²) in [7, 11) is 0. The van der Waals surface area contributed by atoms with E-state index in [4.69, 9.17) is 0 Å². The van der Waals surface area contributed by atoms with Gasteiger partial charge in [0.2, 0.25) is 5.91 Å². The normalized spacial score (nSPS) is 30.3. The quantitative estimate of drug-likeness (QED) is 0.397. The maximum Gasteiger partial charge on any atom is 0.255 e. The molecule has 4 aliphatic carbocycles. The van der Waals surface area contributed by atoms with E-state index in [0.29, 0.717) is 6.42 Å². The van der Waals surface area contributed by atoms with Gasteiger partial charge >= 0.3 is 0 Å². The van der Waals surface area contributed by atoms with Crippen molar-refractivity contribution in [3.8, 4) is 0 Å². The number of carbonyl (C=O) groups excluding carboxylic acids is 2. The zero-order chi connectivity index (χ0) is 26.2. The average Bonchev–Trinajstić information content (AvgIpc) is 3.34. The van der Waals surface area contributed by atoms with Crippen molar-refractivity contribution in [2.24, 2.45) is 23.7 Å². The van der Waals surface area contributed by atoms with Crippen molar-refractivity contribution in [2.75, 3.05) is 0 Å². The highest BCUT2D eigenvalue weighted by Gasteiger charge is 2.53. The van der Waals surface area contributed by atoms with E-state index in [2.05, 4.69) is 55.3 Å². The van der Waals surface area contributed by atoms with Crippen molar-refractivity contribution in [1.82, 2.24) is 15.2 Å². The molecule has 4 saturated carbocycles. The fourth-order valence-electron chi connectivity index (χ4n) is 9.01. The Hall–Kier alpha value is -3.08. The van der Waals surface area contributed by atoms with Crippen molar-refractivity contribution in [3.63, 3.8) is 0 Å². The van der Waals surface area contributed by atoms with E-state index in [9.17, 15) is 9.59 Å². The molecule has 3 aromatic rings. The van der Waals surface area contributed by atoms with E-state index in [1.807, 2.05) is 29.2 Å². The average molecular weight is 510 g/mol. The number of fused-ring (bicyclic) bond motifs is 2. The van der Waals surface area contributed by atoms with Crippen LogP contribution in [-0.2, 0) is 4.79 Å². The predicted octanol–water partition coefficient (Wildman–Crippen LogP) is 6.52. The van der Waals surface area contributed by atoms with Gasteiger partial charge in [-0.05, 0) is 93.2 Å². The first-order chi connectivity index (χ1) is 18.3. The Morgan fingerprint density at radius 2 is 1.63 bits per heavy atom. The minimum absolute atomic E-state index is 0.0263. The third-order valence-electron chi connectivity index (χ3n) is 9.98. The zero-order valence-corrected chi connectivity index (χ0v) is 22.8. The minimum atomic E-state index is -0.513. The van der Waals surface area contributed by atoms with Crippen molar-refractivity contribution in [1.29, 1.82) is 0 Å². The Labute approximate surface area is 225 Å². The first-order valence-corrected chi connectivity index (χ1v) is 14.6. The van der Waals surface area contributed by atoms with Gasteiger partial charge in [-0.25, -0.2) is 0 Å². The van der Waals surface area contributed by atoms with Crippen LogP contribution in [0.15, 0.2) is 48.5 Å². The van der Waals surface area contributed by atoms with Crippen LogP contribution in [0.3, 0.4) is 0 Å². The van der Waals surface area contributed by atoms with Crippen LogP contribution < -0.4 is 5.32 Å². The summed E-state index contributed by atoms with van der Waals surface area (Å²) in [4.78, 5) is 34.1. The second kappa shape index (κ2) is 8.72. The monoisotopic (exact) mass is 509 g/mol. The summed E-state index contributed by atoms with van der Waals surface area (Å²) in [6, 6.07) is 15.5. The topological polar surface area (TPSA) is 65.2 Å². The van der Waals surface area contributed by atoms with Gasteiger partial charge in [0.25, 0.3) is 5.91 Å². The number of aryl methyl sites for hydroxylation is 1. The number of carbonyl (C=O) groups is 2. The van der Waals surface area contributed by atoms with Gasteiger partial charge in [0.1, 0.15) is 6.04 Å². The van der Waals surface area contributed by atoms with Crippen LogP contribution in [0.25, 0.3) is 10.9 Å². The highest BCUT2D eigenvalue weighted by atomic mass is 16.2. The van der Waals surface area contributed by atoms with Gasteiger partial charge in [0, 0.05) is 33.3 Å². The number of hydrogen-bond acceptors (Lipinski definition) is 2. The number of hydrogen-bond donors (Lipinski definition) is 2. The second-order valence-electron chi connectivity index (χ2n) is 13.2. The fraction of sp³-hybridized carbons (Fsp3) is 0.515. The lowest BCUT2D eigenvalue weighted by Crippen LogP contribution is -2.63. The van der Waals surface area contributed by atoms with Gasteiger partial charge in [-0.1, -0.05) is 50.2 Å². The van der Waals surface area contributed by atoms with Crippen molar-refractivity contribution in [2.45, 2.75) is 83.3 Å². The summed E-state index contributed by atoms with van der Waals surface area (Å²) in [6.45, 7) is 6.40. The number of nitrogens with one attached hydrogen (secondary N) is 2. The Morgan fingerprint density at radius 1 is 1.00 bits per heavy atom. The van der Waals surface area contributed by atoms with Crippen molar-refractivity contribution in [3.05, 3.63) is 70.9 Å². The maximum atomic E-state index is 14.4. The van der Waals surface area contributed by atoms with E-state index in [1.54, 1.807) is 0 Å². The minimum Gasteiger partial charge on any atom is -0.358 e. The molecule has 1 aliphatic heterocycles. The molecule has 5 nitrogen and oxygen atoms in total. The number of amides is 2. The molecule has 2 unspecified atom stereocenters. The smallest absolute Gasteiger partial charge is 0.255 e. The van der Waals surface area contributed by atoms with Crippen LogP contribution in [0.5, 0.6) is 0 Å². The summed E-state index contributed by atoms with van der Waals surface area (Å²) in [5.74, 6) is 2.56. The number of nitrogens with zero attached hydrogens (tertiary/aromatic N) is 1. The van der Waals surface area contributed by atoms with Crippen LogP contribution in [0.4, 0.5) is 0 Å². The molecule has 2 heterocycles. The number of rotatable bonds is 6. The molecule has 0 saturated heterocycles. The third kappa shape index (κ3) is 3.72. The van der Waals surface area contributed by atoms with Crippen LogP contribution in [0.2, 0.25) is 0 Å². The lowest BCUT2D eigenvalue weighted by molar-refractivity contribution is -0.132. The molecule has 2 amide bonds. The standard InChI is InChI=1S/C33H39N3O2/c1-19(2)12-28(31(37)35-33-16-21-13-22(17-33)15-23(14-21)18-33)36-30(24-8-4-5-9-25(24)32(36)38)29-20(3)34-27-11-7-6-10-26(27)29/h4-11,19,21-23,28,30,34H,12-18H2,1-3H3,(H,35,37). The van der Waals surface area contributed by atoms with Gasteiger partial charge in [-0.3, -0.25) is 9.59 Å². The molecule has 198 valence electrons. The molecule has 1 aromatic heterocycles. The number of H-pyrrole nitrogens is 1. The summed E-state index contributed by atoms with van der Waals surface area (Å²) in [5, 5.41) is 4.75. The van der Waals surface area contributed by atoms with Gasteiger partial charge in [-0.2, -0.15) is 0 Å². The molecule has 0 spiro atoms. The predicted molar refractivity (Wildman–Crippen MR) is 150 cm³/mol. The van der Waals surface area contributed by atoms with Gasteiger partial charge in [-0.15, -0.1) is 0 Å². The largest absolute Gasteiger partial charge is 0.358 e. The molecular formula is C33H39N3O2. The molecule has 2 aromatic carbocycles. The number of aromatic nitrogens is 1. The van der Waals surface area contributed by atoms with Crippen molar-refractivity contribution >= 4 is 22.7 Å². The molecule has 0 radical (unpaired) electrons. The van der Waals surface area contributed by atoms with Gasteiger partial charge in [0.05, 0.1) is 6.04 Å². The molecule has 5 aliphatic rings. The van der Waals surface area contributed by atoms with E-state index < -0.39 is 6.04 Å². The van der Waals surface area contributed by atoms with Gasteiger partial charge < -0.3 is 15.2 Å². The lowest BCUT2D eigenvalue weighted by Gasteiger charge is -2.57. The highest BCUT2D eigenvalue weighted by Crippen LogP contribution is 2.56. The van der Waals surface area contributed by atoms with Crippen LogP contribution in [-0.4, -0.2) is 33.3 Å². The van der Waals surface area contributed by atoms with Crippen LogP contribution in [0, 0.1) is 30.6 Å². The molecule has 2 N–H and O–H groups in total. The van der Waals surface area contributed by atoms with E-state index in [1.165, 1.54) is 19.3 Å². The molecule has 38 heavy (non-hydrogen) atoms. The summed E-state index contributed by atoms with van der Waals surface area (Å²) < 4.78 is 0. The number of para-hydroxylation sites is 1. The second-order valence-corrected chi connectivity index (χ2v) is 13.2. The molecule has 4 fully saturated rings. The third-order valence-corrected chi connectivity index (χ3v) is 9.98. The Bertz CT molecular complexity index is 1380. The molecule has 2 atom stereocenters. The van der Waals surface area contributed by atoms with Crippen molar-refractivity contribution < 1.29 is 9.59 Å². The number of benzene rings is 2. The molecule has 5 heteroatoms. The molecular weight excluding hydrogens is 470 g/mol. The zero-order valence-electron chi connectivity index (χ0n) is 22.8. The van der Waals surface area contributed by atoms with Crippen LogP contribution in [0.1, 0.15) is 92.0 Å². The van der Waals surface area contributed by atoms with Crippen LogP contribution >= 0.6 is 0 Å². The Morgan fingerprint density at radius 3 is 2.32 bits per heavy atom. The first-order valence-electron chi connectivity index (χ1n) is 14.6. The summed E-state index contributed by atoms with van der Waals surface area (Å²) >= 11 is 0. The van der Waals surface area contributed by atoms with E-state index in [0.717, 1.165) is 70.3 Å². The first kappa shape index (κ1) is 24.0. The molecule has 8 rings (SSSR count). The Kier molecular flexibility index (Phi) is 5.51. The maximum absolute atomic E-state index is 14.4. The SMILES string of the molecule is Cc1[nH]c2ccccc2c1C1c2ccccc2C(=O)N1C(CC(C)C)C(=O)NC12CC3CC(CC(C3)C1)C2. The van der Waals surface area contributed by atoms with E-state index in [-0.39, 0.29) is 29.3 Å². The summed E-state index contributed by atoms with van der Waals surface area (Å²) in [6.07, 6.45) is 8.00. The highest BCUT2D eigenvalue weighted by molar-refractivity contribution is 6.03.